The van der Waals surface area contributed by atoms with Crippen molar-refractivity contribution in [2.45, 2.75) is 37.1 Å². The summed E-state index contributed by atoms with van der Waals surface area (Å²) in [4.78, 5) is 13.6. The van der Waals surface area contributed by atoms with E-state index in [4.69, 9.17) is 23.7 Å². The highest BCUT2D eigenvalue weighted by Gasteiger charge is 2.47. The standard InChI is InChI=1S/C23H23BrO7/c1-23(26,10-24)19-7-13-14(30-19)5-4-11-21(25)20-12-6-16(27-2)17(28-3)8-15(12)29-9-18(20)31-22(11)13/h4-6,8,18-20,26H,7,9-10H2,1-3H3/t18-,19-,20+,23+/m1/s1/i24-3. The Kier molecular flexibility index (Phi) is 4.82. The first-order chi connectivity index (χ1) is 14.9. The number of carbonyl (C=O) groups excluding carboxylic acids is 1. The van der Waals surface area contributed by atoms with Gasteiger partial charge in [0.15, 0.2) is 17.3 Å². The summed E-state index contributed by atoms with van der Waals surface area (Å²) in [6.45, 7) is 1.96. The topological polar surface area (TPSA) is 83.5 Å². The first-order valence-electron chi connectivity index (χ1n) is 10.1. The number of halogens is 1. The largest absolute Gasteiger partial charge is 0.493 e. The predicted molar refractivity (Wildman–Crippen MR) is 116 cm³/mol. The van der Waals surface area contributed by atoms with Crippen LogP contribution in [-0.4, -0.2) is 54.9 Å². The van der Waals surface area contributed by atoms with Crippen LogP contribution in [-0.2, 0) is 6.42 Å². The second kappa shape index (κ2) is 7.31. The minimum Gasteiger partial charge on any atom is -0.493 e. The van der Waals surface area contributed by atoms with Gasteiger partial charge < -0.3 is 28.8 Å². The molecule has 0 radical (unpaired) electrons. The van der Waals surface area contributed by atoms with Crippen LogP contribution in [0.2, 0.25) is 0 Å². The van der Waals surface area contributed by atoms with Gasteiger partial charge in [0.05, 0.1) is 25.7 Å². The highest BCUT2D eigenvalue weighted by molar-refractivity contribution is 9.09. The van der Waals surface area contributed by atoms with Crippen LogP contribution in [0.25, 0.3) is 0 Å². The lowest BCUT2D eigenvalue weighted by Crippen LogP contribution is -2.44. The molecule has 0 bridgehead atoms. The van der Waals surface area contributed by atoms with Crippen molar-refractivity contribution in [3.63, 3.8) is 0 Å². The van der Waals surface area contributed by atoms with Crippen LogP contribution in [0, 0.1) is 0 Å². The lowest BCUT2D eigenvalue weighted by molar-refractivity contribution is -0.0181. The van der Waals surface area contributed by atoms with E-state index >= 15 is 0 Å². The molecule has 0 amide bonds. The summed E-state index contributed by atoms with van der Waals surface area (Å²) < 4.78 is 29.0. The lowest BCUT2D eigenvalue weighted by atomic mass is 9.81. The van der Waals surface area contributed by atoms with Gasteiger partial charge in [0.2, 0.25) is 0 Å². The second-order valence-electron chi connectivity index (χ2n) is 8.27. The summed E-state index contributed by atoms with van der Waals surface area (Å²) in [5.74, 6) is 2.32. The number of aliphatic hydroxyl groups is 1. The first kappa shape index (κ1) is 20.5. The molecule has 0 aliphatic carbocycles. The average molecular weight is 488 g/mol. The predicted octanol–water partition coefficient (Wildman–Crippen LogP) is 3.27. The van der Waals surface area contributed by atoms with Crippen LogP contribution < -0.4 is 23.7 Å². The second-order valence-corrected chi connectivity index (χ2v) is 8.84. The molecule has 2 aromatic rings. The minimum atomic E-state index is -1.05. The van der Waals surface area contributed by atoms with Crippen LogP contribution >= 0.6 is 15.9 Å². The number of rotatable bonds is 4. The Labute approximate surface area is 188 Å². The number of Topliss-reactive ketones (excluding diaryl/α,β-unsaturated/α-hetero) is 1. The molecular weight excluding hydrogens is 465 g/mol. The molecule has 4 atom stereocenters. The molecule has 0 unspecified atom stereocenters. The molecule has 0 saturated heterocycles. The number of alkyl halides is 1. The number of fused-ring (bicyclic) bond motifs is 6. The molecule has 0 aromatic heterocycles. The summed E-state index contributed by atoms with van der Waals surface area (Å²) in [6.07, 6.45) is -0.428. The minimum absolute atomic E-state index is 0.0264. The number of methoxy groups -OCH3 is 2. The molecule has 0 fully saturated rings. The maximum atomic E-state index is 13.6. The smallest absolute Gasteiger partial charge is 0.178 e. The SMILES string of the molecule is COc1cc2c(cc1OC)[C@@H]1C(=O)c3ccc4c(c3O[C@@H]1CO2)C[C@H]([C@@](C)(O)C[77Br])O4. The molecule has 164 valence electrons. The van der Waals surface area contributed by atoms with Gasteiger partial charge in [0.1, 0.15) is 41.7 Å². The summed E-state index contributed by atoms with van der Waals surface area (Å²) in [7, 11) is 3.12. The van der Waals surface area contributed by atoms with Crippen LogP contribution in [0.5, 0.6) is 28.7 Å². The molecule has 5 rings (SSSR count). The Bertz CT molecular complexity index is 1060. The molecular formula is C23H23BrO7. The molecule has 3 aliphatic heterocycles. The Morgan fingerprint density at radius 2 is 1.90 bits per heavy atom. The quantitative estimate of drug-likeness (QED) is 0.662. The maximum absolute atomic E-state index is 13.6. The van der Waals surface area contributed by atoms with Crippen molar-refractivity contribution in [1.82, 2.24) is 0 Å². The molecule has 3 heterocycles. The summed E-state index contributed by atoms with van der Waals surface area (Å²) in [5, 5.41) is 11.0. The first-order valence-corrected chi connectivity index (χ1v) is 11.2. The number of ketones is 1. The summed E-state index contributed by atoms with van der Waals surface area (Å²) in [5.41, 5.74) is 1.01. The van der Waals surface area contributed by atoms with Gasteiger partial charge in [0, 0.05) is 28.9 Å². The van der Waals surface area contributed by atoms with Crippen molar-refractivity contribution < 1.29 is 33.6 Å². The zero-order valence-corrected chi connectivity index (χ0v) is 19.0. The number of hydrogen-bond acceptors (Lipinski definition) is 7. The van der Waals surface area contributed by atoms with Gasteiger partial charge in [0.25, 0.3) is 0 Å². The molecule has 2 aromatic carbocycles. The molecule has 0 spiro atoms. The normalized spacial score (nSPS) is 24.9. The van der Waals surface area contributed by atoms with Crippen molar-refractivity contribution in [2.75, 3.05) is 26.2 Å². The number of benzene rings is 2. The molecule has 8 heteroatoms. The van der Waals surface area contributed by atoms with Gasteiger partial charge in [-0.15, -0.1) is 0 Å². The van der Waals surface area contributed by atoms with Crippen LogP contribution in [0.1, 0.15) is 34.3 Å². The average Bonchev–Trinajstić information content (AvgIpc) is 3.23. The summed E-state index contributed by atoms with van der Waals surface area (Å²) >= 11 is 3.34. The van der Waals surface area contributed by atoms with Gasteiger partial charge in [-0.3, -0.25) is 4.79 Å². The van der Waals surface area contributed by atoms with E-state index in [2.05, 4.69) is 15.9 Å². The molecule has 31 heavy (non-hydrogen) atoms. The number of carbonyl (C=O) groups is 1. The van der Waals surface area contributed by atoms with Gasteiger partial charge in [-0.2, -0.15) is 0 Å². The fraction of sp³-hybridized carbons (Fsp3) is 0.435. The Morgan fingerprint density at radius 3 is 2.61 bits per heavy atom. The third-order valence-electron chi connectivity index (χ3n) is 6.28. The highest BCUT2D eigenvalue weighted by Crippen LogP contribution is 2.50. The van der Waals surface area contributed by atoms with E-state index in [-0.39, 0.29) is 12.4 Å². The van der Waals surface area contributed by atoms with E-state index in [9.17, 15) is 9.90 Å². The lowest BCUT2D eigenvalue weighted by Gasteiger charge is -2.37. The van der Waals surface area contributed by atoms with E-state index in [0.717, 1.165) is 11.1 Å². The third kappa shape index (κ3) is 3.07. The van der Waals surface area contributed by atoms with Crippen molar-refractivity contribution in [2.24, 2.45) is 0 Å². The highest BCUT2D eigenvalue weighted by atomic mass is 76.9. The van der Waals surface area contributed by atoms with Gasteiger partial charge in [-0.1, -0.05) is 15.9 Å². The van der Waals surface area contributed by atoms with E-state index < -0.39 is 23.7 Å². The third-order valence-corrected chi connectivity index (χ3v) is 7.42. The molecule has 1 N–H and O–H groups in total. The monoisotopic (exact) mass is 488 g/mol. The fourth-order valence-electron chi connectivity index (χ4n) is 4.50. The van der Waals surface area contributed by atoms with Crippen molar-refractivity contribution in [3.05, 3.63) is 41.0 Å². The molecule has 0 saturated carbocycles. The summed E-state index contributed by atoms with van der Waals surface area (Å²) in [6, 6.07) is 7.07. The van der Waals surface area contributed by atoms with Crippen LogP contribution in [0.4, 0.5) is 0 Å². The van der Waals surface area contributed by atoms with Crippen molar-refractivity contribution in [1.29, 1.82) is 0 Å². The van der Waals surface area contributed by atoms with Crippen molar-refractivity contribution in [3.8, 4) is 28.7 Å². The van der Waals surface area contributed by atoms with E-state index in [1.54, 1.807) is 45.4 Å². The van der Waals surface area contributed by atoms with Crippen molar-refractivity contribution >= 4 is 21.7 Å². The Balaban J connectivity index is 1.55. The molecule has 7 nitrogen and oxygen atoms in total. The maximum Gasteiger partial charge on any atom is 0.178 e. The van der Waals surface area contributed by atoms with Crippen LogP contribution in [0.15, 0.2) is 24.3 Å². The van der Waals surface area contributed by atoms with E-state index in [0.29, 0.717) is 46.1 Å². The zero-order chi connectivity index (χ0) is 21.9. The van der Waals surface area contributed by atoms with E-state index in [1.165, 1.54) is 0 Å². The Hall–Kier alpha value is -2.45. The van der Waals surface area contributed by atoms with Gasteiger partial charge in [-0.25, -0.2) is 0 Å². The number of ether oxygens (including phenoxy) is 5. The van der Waals surface area contributed by atoms with Gasteiger partial charge in [-0.05, 0) is 25.1 Å². The van der Waals surface area contributed by atoms with Crippen LogP contribution in [0.3, 0.4) is 0 Å². The van der Waals surface area contributed by atoms with Gasteiger partial charge >= 0.3 is 0 Å². The van der Waals surface area contributed by atoms with E-state index in [1.807, 2.05) is 0 Å². The zero-order valence-electron chi connectivity index (χ0n) is 17.4. The Morgan fingerprint density at radius 1 is 1.16 bits per heavy atom. The fourth-order valence-corrected chi connectivity index (χ4v) is 4.86. The molecule has 3 aliphatic rings. The number of hydrogen-bond donors (Lipinski definition) is 1.